The normalized spacial score (nSPS) is 11.7. The minimum Gasteiger partial charge on any atom is -0.497 e. The molecule has 1 heterocycles. The number of anilines is 2. The van der Waals surface area contributed by atoms with Gasteiger partial charge in [0.15, 0.2) is 0 Å². The van der Waals surface area contributed by atoms with E-state index in [9.17, 15) is 9.59 Å². The highest BCUT2D eigenvalue weighted by Crippen LogP contribution is 2.27. The number of aromatic nitrogens is 1. The van der Waals surface area contributed by atoms with E-state index in [-0.39, 0.29) is 17.1 Å². The van der Waals surface area contributed by atoms with Gasteiger partial charge in [-0.2, -0.15) is 0 Å². The molecule has 4 aromatic rings. The SMILES string of the molecule is COc1ccc(C(=O)Nc2cccc(SC(C)C(=O)Nc3ccc4cc[nH]c4c3)c2)cc1. The lowest BCUT2D eigenvalue weighted by atomic mass is 10.2. The second-order valence-electron chi connectivity index (χ2n) is 7.24. The molecule has 0 radical (unpaired) electrons. The Morgan fingerprint density at radius 3 is 2.50 bits per heavy atom. The number of carbonyl (C=O) groups is 2. The van der Waals surface area contributed by atoms with E-state index in [0.29, 0.717) is 17.0 Å². The van der Waals surface area contributed by atoms with Crippen LogP contribution in [-0.2, 0) is 4.79 Å². The second-order valence-corrected chi connectivity index (χ2v) is 8.65. The van der Waals surface area contributed by atoms with Crippen molar-refractivity contribution >= 4 is 45.9 Å². The molecule has 1 unspecified atom stereocenters. The third-order valence-electron chi connectivity index (χ3n) is 4.95. The number of fused-ring (bicyclic) bond motifs is 1. The lowest BCUT2D eigenvalue weighted by molar-refractivity contribution is -0.115. The first-order valence-electron chi connectivity index (χ1n) is 10.1. The first-order chi connectivity index (χ1) is 15.5. The van der Waals surface area contributed by atoms with Crippen molar-refractivity contribution in [2.45, 2.75) is 17.1 Å². The lowest BCUT2D eigenvalue weighted by Crippen LogP contribution is -2.22. The Balaban J connectivity index is 1.37. The molecule has 2 amide bonds. The third kappa shape index (κ3) is 5.12. The summed E-state index contributed by atoms with van der Waals surface area (Å²) in [4.78, 5) is 29.2. The highest BCUT2D eigenvalue weighted by Gasteiger charge is 2.15. The monoisotopic (exact) mass is 445 g/mol. The molecular weight excluding hydrogens is 422 g/mol. The molecule has 0 fully saturated rings. The molecule has 0 aliphatic carbocycles. The molecule has 0 saturated carbocycles. The van der Waals surface area contributed by atoms with Crippen LogP contribution in [-0.4, -0.2) is 29.2 Å². The van der Waals surface area contributed by atoms with E-state index in [1.807, 2.05) is 61.7 Å². The van der Waals surface area contributed by atoms with E-state index in [1.165, 1.54) is 11.8 Å². The fourth-order valence-electron chi connectivity index (χ4n) is 3.22. The molecule has 6 nitrogen and oxygen atoms in total. The van der Waals surface area contributed by atoms with Gasteiger partial charge in [-0.05, 0) is 73.0 Å². The number of H-pyrrole nitrogens is 1. The average molecular weight is 446 g/mol. The zero-order valence-corrected chi connectivity index (χ0v) is 18.5. The van der Waals surface area contributed by atoms with Crippen molar-refractivity contribution in [1.29, 1.82) is 0 Å². The molecule has 0 saturated heterocycles. The van der Waals surface area contributed by atoms with Crippen molar-refractivity contribution in [2.24, 2.45) is 0 Å². The number of nitrogens with one attached hydrogen (secondary N) is 3. The van der Waals surface area contributed by atoms with E-state index in [2.05, 4.69) is 15.6 Å². The summed E-state index contributed by atoms with van der Waals surface area (Å²) in [6.07, 6.45) is 1.87. The highest BCUT2D eigenvalue weighted by atomic mass is 32.2. The number of amides is 2. The number of thioether (sulfide) groups is 1. The zero-order valence-electron chi connectivity index (χ0n) is 17.7. The Kier molecular flexibility index (Phi) is 6.47. The van der Waals surface area contributed by atoms with Gasteiger partial charge in [-0.3, -0.25) is 9.59 Å². The maximum Gasteiger partial charge on any atom is 0.255 e. The van der Waals surface area contributed by atoms with E-state index in [1.54, 1.807) is 31.4 Å². The third-order valence-corrected chi connectivity index (χ3v) is 6.04. The summed E-state index contributed by atoms with van der Waals surface area (Å²) < 4.78 is 5.12. The van der Waals surface area contributed by atoms with Crippen molar-refractivity contribution in [3.05, 3.63) is 84.6 Å². The van der Waals surface area contributed by atoms with Gasteiger partial charge in [-0.1, -0.05) is 12.1 Å². The van der Waals surface area contributed by atoms with Gasteiger partial charge in [0.1, 0.15) is 5.75 Å². The number of ether oxygens (including phenoxy) is 1. The molecule has 0 spiro atoms. The van der Waals surface area contributed by atoms with Crippen LogP contribution in [0.2, 0.25) is 0 Å². The minimum atomic E-state index is -0.318. The van der Waals surface area contributed by atoms with Crippen LogP contribution in [0.4, 0.5) is 11.4 Å². The van der Waals surface area contributed by atoms with E-state index < -0.39 is 0 Å². The van der Waals surface area contributed by atoms with Gasteiger partial charge in [0.2, 0.25) is 5.91 Å². The van der Waals surface area contributed by atoms with Crippen LogP contribution in [0.3, 0.4) is 0 Å². The molecule has 3 aromatic carbocycles. The molecule has 7 heteroatoms. The molecule has 32 heavy (non-hydrogen) atoms. The van der Waals surface area contributed by atoms with Gasteiger partial charge in [-0.25, -0.2) is 0 Å². The molecule has 0 bridgehead atoms. The van der Waals surface area contributed by atoms with Crippen LogP contribution in [0.25, 0.3) is 10.9 Å². The average Bonchev–Trinajstić information content (AvgIpc) is 3.27. The fourth-order valence-corrected chi connectivity index (χ4v) is 4.15. The van der Waals surface area contributed by atoms with E-state index in [4.69, 9.17) is 4.74 Å². The van der Waals surface area contributed by atoms with Crippen molar-refractivity contribution < 1.29 is 14.3 Å². The number of carbonyl (C=O) groups excluding carboxylic acids is 2. The van der Waals surface area contributed by atoms with Gasteiger partial charge in [-0.15, -0.1) is 11.8 Å². The lowest BCUT2D eigenvalue weighted by Gasteiger charge is -2.13. The van der Waals surface area contributed by atoms with Crippen molar-refractivity contribution in [1.82, 2.24) is 4.98 Å². The molecule has 162 valence electrons. The molecular formula is C25H23N3O3S. The zero-order chi connectivity index (χ0) is 22.5. The number of aromatic amines is 1. The quantitative estimate of drug-likeness (QED) is 0.326. The number of benzene rings is 3. The molecule has 1 aromatic heterocycles. The molecule has 0 aliphatic heterocycles. The summed E-state index contributed by atoms with van der Waals surface area (Å²) in [6.45, 7) is 1.86. The van der Waals surface area contributed by atoms with Crippen LogP contribution in [0.5, 0.6) is 5.75 Å². The highest BCUT2D eigenvalue weighted by molar-refractivity contribution is 8.00. The number of methoxy groups -OCH3 is 1. The van der Waals surface area contributed by atoms with Crippen molar-refractivity contribution in [3.8, 4) is 5.75 Å². The Hall–Kier alpha value is -3.71. The predicted molar refractivity (Wildman–Crippen MR) is 130 cm³/mol. The number of hydrogen-bond donors (Lipinski definition) is 3. The summed E-state index contributed by atoms with van der Waals surface area (Å²) in [7, 11) is 1.58. The topological polar surface area (TPSA) is 83.2 Å². The molecule has 4 rings (SSSR count). The standard InChI is InChI=1S/C25H23N3O3S/c1-16(24(29)27-20-9-6-17-12-13-26-23(17)15-20)32-22-5-3-4-19(14-22)28-25(30)18-7-10-21(31-2)11-8-18/h3-16,26H,1-2H3,(H,27,29)(H,28,30). The van der Waals surface area contributed by atoms with E-state index in [0.717, 1.165) is 21.5 Å². The summed E-state index contributed by atoms with van der Waals surface area (Å²) in [6, 6.07) is 22.1. The van der Waals surface area contributed by atoms with Gasteiger partial charge in [0.05, 0.1) is 12.4 Å². The Labute approximate surface area is 190 Å². The van der Waals surface area contributed by atoms with Crippen LogP contribution >= 0.6 is 11.8 Å². The summed E-state index contributed by atoms with van der Waals surface area (Å²) in [5.74, 6) is 0.397. The Bertz CT molecular complexity index is 1250. The van der Waals surface area contributed by atoms with E-state index >= 15 is 0 Å². The fraction of sp³-hybridized carbons (Fsp3) is 0.120. The minimum absolute atomic E-state index is 0.0893. The first kappa shape index (κ1) is 21.5. The van der Waals surface area contributed by atoms with Crippen LogP contribution in [0.15, 0.2) is 83.9 Å². The number of hydrogen-bond acceptors (Lipinski definition) is 4. The summed E-state index contributed by atoms with van der Waals surface area (Å²) >= 11 is 1.43. The largest absolute Gasteiger partial charge is 0.497 e. The first-order valence-corrected chi connectivity index (χ1v) is 11.0. The smallest absolute Gasteiger partial charge is 0.255 e. The predicted octanol–water partition coefficient (Wildman–Crippen LogP) is 5.55. The van der Waals surface area contributed by atoms with Crippen LogP contribution < -0.4 is 15.4 Å². The second kappa shape index (κ2) is 9.62. The van der Waals surface area contributed by atoms with Crippen molar-refractivity contribution in [3.63, 3.8) is 0 Å². The molecule has 3 N–H and O–H groups in total. The Morgan fingerprint density at radius 2 is 1.72 bits per heavy atom. The summed E-state index contributed by atoms with van der Waals surface area (Å²) in [5.41, 5.74) is 2.93. The number of rotatable bonds is 7. The van der Waals surface area contributed by atoms with Gasteiger partial charge in [0.25, 0.3) is 5.91 Å². The Morgan fingerprint density at radius 1 is 0.938 bits per heavy atom. The van der Waals surface area contributed by atoms with Gasteiger partial charge >= 0.3 is 0 Å². The molecule has 0 aliphatic rings. The van der Waals surface area contributed by atoms with Gasteiger partial charge < -0.3 is 20.4 Å². The van der Waals surface area contributed by atoms with Crippen LogP contribution in [0, 0.1) is 0 Å². The maximum absolute atomic E-state index is 12.7. The van der Waals surface area contributed by atoms with Crippen LogP contribution in [0.1, 0.15) is 17.3 Å². The van der Waals surface area contributed by atoms with Gasteiger partial charge in [0, 0.05) is 33.5 Å². The molecule has 1 atom stereocenters. The summed E-state index contributed by atoms with van der Waals surface area (Å²) in [5, 5.41) is 6.64. The maximum atomic E-state index is 12.7. The van der Waals surface area contributed by atoms with Crippen molar-refractivity contribution in [2.75, 3.05) is 17.7 Å².